The van der Waals surface area contributed by atoms with Gasteiger partial charge in [-0.25, -0.2) is 4.98 Å². The lowest BCUT2D eigenvalue weighted by Crippen LogP contribution is -2.22. The summed E-state index contributed by atoms with van der Waals surface area (Å²) in [6.07, 6.45) is 2.50. The van der Waals surface area contributed by atoms with Gasteiger partial charge in [-0.3, -0.25) is 4.79 Å². The molecule has 4 nitrogen and oxygen atoms in total. The summed E-state index contributed by atoms with van der Waals surface area (Å²) in [6.45, 7) is 0.980. The van der Waals surface area contributed by atoms with Crippen LogP contribution < -0.4 is 10.1 Å². The van der Waals surface area contributed by atoms with Gasteiger partial charge in [0.05, 0.1) is 17.2 Å². The van der Waals surface area contributed by atoms with Gasteiger partial charge < -0.3 is 10.1 Å². The molecule has 26 heavy (non-hydrogen) atoms. The molecule has 4 rings (SSSR count). The summed E-state index contributed by atoms with van der Waals surface area (Å²) in [5, 5.41) is 6.17. The van der Waals surface area contributed by atoms with E-state index in [9.17, 15) is 4.79 Å². The first-order valence-electron chi connectivity index (χ1n) is 8.77. The van der Waals surface area contributed by atoms with Crippen molar-refractivity contribution in [1.82, 2.24) is 10.3 Å². The van der Waals surface area contributed by atoms with E-state index in [0.29, 0.717) is 24.6 Å². The van der Waals surface area contributed by atoms with E-state index in [1.165, 1.54) is 17.8 Å². The van der Waals surface area contributed by atoms with Gasteiger partial charge >= 0.3 is 0 Å². The molecule has 0 spiro atoms. The number of amides is 1. The van der Waals surface area contributed by atoms with E-state index in [1.54, 1.807) is 23.5 Å². The van der Waals surface area contributed by atoms with Crippen LogP contribution in [0.4, 0.5) is 0 Å². The number of nitrogens with one attached hydrogen (secondary N) is 1. The molecule has 0 unspecified atom stereocenters. The zero-order valence-corrected chi connectivity index (χ0v) is 15.2. The van der Waals surface area contributed by atoms with Gasteiger partial charge in [-0.05, 0) is 42.7 Å². The van der Waals surface area contributed by atoms with Crippen LogP contribution in [0, 0.1) is 0 Å². The van der Waals surface area contributed by atoms with Gasteiger partial charge in [0, 0.05) is 16.9 Å². The number of nitrogens with zero attached hydrogens (tertiary/aromatic N) is 1. The maximum Gasteiger partial charge on any atom is 0.251 e. The van der Waals surface area contributed by atoms with E-state index < -0.39 is 0 Å². The normalized spacial score (nSPS) is 13.4. The topological polar surface area (TPSA) is 51.2 Å². The van der Waals surface area contributed by atoms with Crippen LogP contribution in [0.3, 0.4) is 0 Å². The third-order valence-corrected chi connectivity index (χ3v) is 5.35. The molecule has 1 aliphatic carbocycles. The summed E-state index contributed by atoms with van der Waals surface area (Å²) in [6, 6.07) is 17.2. The lowest BCUT2D eigenvalue weighted by atomic mass is 10.2. The molecule has 0 saturated heterocycles. The van der Waals surface area contributed by atoms with Crippen LogP contribution in [0.25, 0.3) is 0 Å². The van der Waals surface area contributed by atoms with Crippen LogP contribution in [0.1, 0.15) is 45.4 Å². The molecule has 3 aromatic rings. The molecule has 1 amide bonds. The number of rotatable bonds is 7. The number of benzene rings is 2. The first-order valence-corrected chi connectivity index (χ1v) is 9.65. The van der Waals surface area contributed by atoms with E-state index in [2.05, 4.69) is 10.3 Å². The molecule has 0 atom stereocenters. The fraction of sp³-hybridized carbons (Fsp3) is 0.238. The van der Waals surface area contributed by atoms with E-state index in [4.69, 9.17) is 4.74 Å². The summed E-state index contributed by atoms with van der Waals surface area (Å²) in [5.41, 5.74) is 2.67. The maximum atomic E-state index is 12.3. The average molecular weight is 364 g/mol. The van der Waals surface area contributed by atoms with E-state index in [-0.39, 0.29) is 5.91 Å². The molecular formula is C21H20N2O2S. The molecule has 5 heteroatoms. The summed E-state index contributed by atoms with van der Waals surface area (Å²) < 4.78 is 5.75. The first-order chi connectivity index (χ1) is 12.8. The number of ether oxygens (including phenoxy) is 1. The molecule has 0 bridgehead atoms. The van der Waals surface area contributed by atoms with Crippen molar-refractivity contribution in [3.8, 4) is 5.75 Å². The molecule has 2 aromatic carbocycles. The highest BCUT2D eigenvalue weighted by Gasteiger charge is 2.26. The Balaban J connectivity index is 1.28. The fourth-order valence-corrected chi connectivity index (χ4v) is 3.63. The molecule has 1 aromatic heterocycles. The Morgan fingerprint density at radius 1 is 1.12 bits per heavy atom. The van der Waals surface area contributed by atoms with E-state index >= 15 is 0 Å². The average Bonchev–Trinajstić information content (AvgIpc) is 3.44. The summed E-state index contributed by atoms with van der Waals surface area (Å²) in [4.78, 5) is 16.9. The Labute approximate surface area is 156 Å². The highest BCUT2D eigenvalue weighted by molar-refractivity contribution is 7.09. The second-order valence-electron chi connectivity index (χ2n) is 6.43. The summed E-state index contributed by atoms with van der Waals surface area (Å²) in [7, 11) is 0. The summed E-state index contributed by atoms with van der Waals surface area (Å²) in [5.74, 6) is 1.31. The number of thiazole rings is 1. The number of carbonyl (C=O) groups is 1. The molecule has 1 heterocycles. The van der Waals surface area contributed by atoms with Crippen molar-refractivity contribution in [1.29, 1.82) is 0 Å². The van der Waals surface area contributed by atoms with Crippen molar-refractivity contribution in [3.63, 3.8) is 0 Å². The van der Waals surface area contributed by atoms with Gasteiger partial charge in [0.15, 0.2) is 0 Å². The SMILES string of the molecule is O=C(NCc1csc(C2CC2)n1)c1ccc(OCc2ccccc2)cc1. The molecule has 132 valence electrons. The van der Waals surface area contributed by atoms with Gasteiger partial charge in [0.2, 0.25) is 0 Å². The molecule has 1 N–H and O–H groups in total. The smallest absolute Gasteiger partial charge is 0.251 e. The largest absolute Gasteiger partial charge is 0.489 e. The minimum atomic E-state index is -0.0967. The Kier molecular flexibility index (Phi) is 4.97. The lowest BCUT2D eigenvalue weighted by Gasteiger charge is -2.08. The van der Waals surface area contributed by atoms with E-state index in [1.807, 2.05) is 47.8 Å². The Bertz CT molecular complexity index is 871. The molecule has 1 saturated carbocycles. The Hall–Kier alpha value is -2.66. The zero-order valence-electron chi connectivity index (χ0n) is 14.4. The maximum absolute atomic E-state index is 12.3. The second kappa shape index (κ2) is 7.70. The van der Waals surface area contributed by atoms with E-state index in [0.717, 1.165) is 17.0 Å². The highest BCUT2D eigenvalue weighted by atomic mass is 32.1. The van der Waals surface area contributed by atoms with Crippen LogP contribution >= 0.6 is 11.3 Å². The first kappa shape index (κ1) is 16.8. The Morgan fingerprint density at radius 3 is 2.62 bits per heavy atom. The van der Waals surface area contributed by atoms with Gasteiger partial charge in [-0.2, -0.15) is 0 Å². The van der Waals surface area contributed by atoms with Crippen molar-refractivity contribution >= 4 is 17.2 Å². The predicted molar refractivity (Wildman–Crippen MR) is 102 cm³/mol. The van der Waals surface area contributed by atoms with Crippen LogP contribution in [0.2, 0.25) is 0 Å². The number of hydrogen-bond donors (Lipinski definition) is 1. The molecule has 1 aliphatic rings. The third-order valence-electron chi connectivity index (χ3n) is 4.29. The minimum Gasteiger partial charge on any atom is -0.489 e. The monoisotopic (exact) mass is 364 g/mol. The lowest BCUT2D eigenvalue weighted by molar-refractivity contribution is 0.0950. The molecular weight excluding hydrogens is 344 g/mol. The van der Waals surface area contributed by atoms with Gasteiger partial charge in [0.25, 0.3) is 5.91 Å². The number of hydrogen-bond acceptors (Lipinski definition) is 4. The van der Waals surface area contributed by atoms with Crippen molar-refractivity contribution in [2.45, 2.75) is 31.9 Å². The van der Waals surface area contributed by atoms with Crippen molar-refractivity contribution in [2.24, 2.45) is 0 Å². The highest BCUT2D eigenvalue weighted by Crippen LogP contribution is 2.41. The quantitative estimate of drug-likeness (QED) is 0.670. The van der Waals surface area contributed by atoms with Gasteiger partial charge in [0.1, 0.15) is 12.4 Å². The van der Waals surface area contributed by atoms with Gasteiger partial charge in [-0.15, -0.1) is 11.3 Å². The van der Waals surface area contributed by atoms with Crippen LogP contribution in [0.15, 0.2) is 60.0 Å². The second-order valence-corrected chi connectivity index (χ2v) is 7.32. The zero-order chi connectivity index (χ0) is 17.8. The van der Waals surface area contributed by atoms with Crippen molar-refractivity contribution < 1.29 is 9.53 Å². The standard InChI is InChI=1S/C21H20N2O2S/c24-20(22-12-18-14-26-21(23-18)17-6-7-17)16-8-10-19(11-9-16)25-13-15-4-2-1-3-5-15/h1-5,8-11,14,17H,6-7,12-13H2,(H,22,24). The van der Waals surface area contributed by atoms with Crippen molar-refractivity contribution in [2.75, 3.05) is 0 Å². The van der Waals surface area contributed by atoms with Gasteiger partial charge in [-0.1, -0.05) is 30.3 Å². The predicted octanol–water partition coefficient (Wildman–Crippen LogP) is 4.53. The number of carbonyl (C=O) groups excluding carboxylic acids is 1. The molecule has 0 aliphatic heterocycles. The number of aromatic nitrogens is 1. The summed E-state index contributed by atoms with van der Waals surface area (Å²) >= 11 is 1.69. The third kappa shape index (κ3) is 4.29. The van der Waals surface area contributed by atoms with Crippen LogP contribution in [-0.2, 0) is 13.2 Å². The van der Waals surface area contributed by atoms with Crippen LogP contribution in [-0.4, -0.2) is 10.9 Å². The van der Waals surface area contributed by atoms with Crippen LogP contribution in [0.5, 0.6) is 5.75 Å². The van der Waals surface area contributed by atoms with Crippen molar-refractivity contribution in [3.05, 3.63) is 81.8 Å². The molecule has 1 fully saturated rings. The minimum absolute atomic E-state index is 0.0967. The Morgan fingerprint density at radius 2 is 1.88 bits per heavy atom. The molecule has 0 radical (unpaired) electrons. The fourth-order valence-electron chi connectivity index (χ4n) is 2.64.